The summed E-state index contributed by atoms with van der Waals surface area (Å²) in [6.45, 7) is 2.01. The van der Waals surface area contributed by atoms with Gasteiger partial charge < -0.3 is 5.32 Å². The number of benzene rings is 2. The maximum absolute atomic E-state index is 12.5. The van der Waals surface area contributed by atoms with Crippen molar-refractivity contribution in [3.8, 4) is 11.3 Å². The minimum Gasteiger partial charge on any atom is -0.322 e. The molecule has 6 heteroatoms. The second-order valence-electron chi connectivity index (χ2n) is 5.85. The summed E-state index contributed by atoms with van der Waals surface area (Å²) in [7, 11) is 0. The van der Waals surface area contributed by atoms with Gasteiger partial charge in [0.1, 0.15) is 0 Å². The van der Waals surface area contributed by atoms with Gasteiger partial charge in [-0.2, -0.15) is 0 Å². The van der Waals surface area contributed by atoms with E-state index in [9.17, 15) is 4.79 Å². The Bertz CT molecular complexity index is 1120. The summed E-state index contributed by atoms with van der Waals surface area (Å²) in [6, 6.07) is 17.1. The van der Waals surface area contributed by atoms with Crippen molar-refractivity contribution >= 4 is 40.0 Å². The largest absolute Gasteiger partial charge is 0.322 e. The lowest BCUT2D eigenvalue weighted by Gasteiger charge is -2.08. The zero-order valence-corrected chi connectivity index (χ0v) is 16.1. The smallest absolute Gasteiger partial charge is 0.256 e. The second-order valence-corrected chi connectivity index (χ2v) is 7.01. The Labute approximate surface area is 164 Å². The van der Waals surface area contributed by atoms with E-state index < -0.39 is 0 Å². The van der Waals surface area contributed by atoms with Gasteiger partial charge in [0.25, 0.3) is 5.91 Å². The molecular formula is C20H15IN4O. The Hall–Kier alpha value is -2.74. The van der Waals surface area contributed by atoms with E-state index in [1.165, 1.54) is 0 Å². The van der Waals surface area contributed by atoms with Crippen LogP contribution in [0.1, 0.15) is 16.1 Å². The van der Waals surface area contributed by atoms with E-state index in [-0.39, 0.29) is 5.91 Å². The summed E-state index contributed by atoms with van der Waals surface area (Å²) < 4.78 is 2.87. The third-order valence-corrected chi connectivity index (χ3v) is 5.10. The Morgan fingerprint density at radius 2 is 1.96 bits per heavy atom. The zero-order valence-electron chi connectivity index (χ0n) is 14.0. The van der Waals surface area contributed by atoms with E-state index in [0.717, 1.165) is 26.2 Å². The van der Waals surface area contributed by atoms with Crippen LogP contribution in [-0.4, -0.2) is 20.3 Å². The maximum atomic E-state index is 12.5. The summed E-state index contributed by atoms with van der Waals surface area (Å²) in [5.74, 6) is 0.536. The van der Waals surface area contributed by atoms with Crippen LogP contribution in [0, 0.1) is 10.5 Å². The lowest BCUT2D eigenvalue weighted by Crippen LogP contribution is -2.13. The average Bonchev–Trinajstić information content (AvgIpc) is 2.99. The second kappa shape index (κ2) is 6.87. The van der Waals surface area contributed by atoms with Gasteiger partial charge >= 0.3 is 0 Å². The predicted octanol–water partition coefficient (Wildman–Crippen LogP) is 4.56. The van der Waals surface area contributed by atoms with Crippen molar-refractivity contribution in [1.29, 1.82) is 0 Å². The van der Waals surface area contributed by atoms with Gasteiger partial charge in [-0.1, -0.05) is 24.3 Å². The van der Waals surface area contributed by atoms with Gasteiger partial charge in [-0.3, -0.25) is 9.20 Å². The summed E-state index contributed by atoms with van der Waals surface area (Å²) in [5.41, 5.74) is 4.19. The van der Waals surface area contributed by atoms with Crippen LogP contribution in [0.3, 0.4) is 0 Å². The number of aromatic nitrogens is 3. The summed E-state index contributed by atoms with van der Waals surface area (Å²) in [6.07, 6.45) is 3.67. The number of imidazole rings is 1. The number of carbonyl (C=O) groups is 1. The van der Waals surface area contributed by atoms with Gasteiger partial charge in [0.2, 0.25) is 5.78 Å². The number of hydrogen-bond acceptors (Lipinski definition) is 3. The number of aryl methyl sites for hydroxylation is 1. The Kier molecular flexibility index (Phi) is 4.42. The van der Waals surface area contributed by atoms with E-state index in [4.69, 9.17) is 0 Å². The van der Waals surface area contributed by atoms with Crippen molar-refractivity contribution in [2.45, 2.75) is 6.92 Å². The highest BCUT2D eigenvalue weighted by Crippen LogP contribution is 2.26. The highest BCUT2D eigenvalue weighted by molar-refractivity contribution is 14.1. The van der Waals surface area contributed by atoms with Crippen LogP contribution in [-0.2, 0) is 0 Å². The molecule has 1 N–H and O–H groups in total. The molecule has 0 spiro atoms. The van der Waals surface area contributed by atoms with Crippen molar-refractivity contribution in [3.63, 3.8) is 0 Å². The topological polar surface area (TPSA) is 59.3 Å². The first-order chi connectivity index (χ1) is 12.6. The van der Waals surface area contributed by atoms with E-state index in [1.807, 2.05) is 72.1 Å². The molecule has 0 fully saturated rings. The van der Waals surface area contributed by atoms with Crippen molar-refractivity contribution in [1.82, 2.24) is 14.4 Å². The molecule has 128 valence electrons. The molecule has 2 heterocycles. The molecule has 5 nitrogen and oxygen atoms in total. The fourth-order valence-electron chi connectivity index (χ4n) is 2.86. The standard InChI is InChI=1S/C20H15IN4O/c1-13-18(24-20-22-10-5-11-25(13)20)14-6-4-7-15(12-14)23-19(26)16-8-2-3-9-17(16)21/h2-12H,1H3,(H,23,26). The van der Waals surface area contributed by atoms with E-state index in [0.29, 0.717) is 11.3 Å². The monoisotopic (exact) mass is 454 g/mol. The molecule has 0 unspecified atom stereocenters. The number of amides is 1. The van der Waals surface area contributed by atoms with Gasteiger partial charge in [-0.25, -0.2) is 9.97 Å². The van der Waals surface area contributed by atoms with Crippen LogP contribution in [0.4, 0.5) is 5.69 Å². The van der Waals surface area contributed by atoms with Crippen molar-refractivity contribution < 1.29 is 4.79 Å². The zero-order chi connectivity index (χ0) is 18.1. The minimum atomic E-state index is -0.124. The lowest BCUT2D eigenvalue weighted by molar-refractivity contribution is 0.102. The number of hydrogen-bond donors (Lipinski definition) is 1. The van der Waals surface area contributed by atoms with E-state index in [2.05, 4.69) is 37.9 Å². The first-order valence-corrected chi connectivity index (χ1v) is 9.17. The van der Waals surface area contributed by atoms with Gasteiger partial charge in [0.15, 0.2) is 0 Å². The third-order valence-electron chi connectivity index (χ3n) is 4.15. The highest BCUT2D eigenvalue weighted by atomic mass is 127. The first-order valence-electron chi connectivity index (χ1n) is 8.09. The molecule has 0 saturated heterocycles. The van der Waals surface area contributed by atoms with Crippen LogP contribution in [0.25, 0.3) is 17.0 Å². The number of halogens is 1. The number of anilines is 1. The molecule has 4 aromatic rings. The molecule has 4 rings (SSSR count). The lowest BCUT2D eigenvalue weighted by atomic mass is 10.1. The fourth-order valence-corrected chi connectivity index (χ4v) is 3.50. The van der Waals surface area contributed by atoms with E-state index >= 15 is 0 Å². The van der Waals surface area contributed by atoms with Gasteiger partial charge in [-0.05, 0) is 59.8 Å². The molecule has 26 heavy (non-hydrogen) atoms. The molecule has 0 aliphatic carbocycles. The SMILES string of the molecule is Cc1c(-c2cccc(NC(=O)c3ccccc3I)c2)nc2ncccn12. The summed E-state index contributed by atoms with van der Waals surface area (Å²) in [4.78, 5) is 21.4. The van der Waals surface area contributed by atoms with E-state index in [1.54, 1.807) is 6.20 Å². The molecular weight excluding hydrogens is 439 g/mol. The van der Waals surface area contributed by atoms with Gasteiger partial charge in [-0.15, -0.1) is 0 Å². The number of nitrogens with zero attached hydrogens (tertiary/aromatic N) is 3. The quantitative estimate of drug-likeness (QED) is 0.462. The molecule has 0 bridgehead atoms. The van der Waals surface area contributed by atoms with Crippen molar-refractivity contribution in [2.75, 3.05) is 5.32 Å². The highest BCUT2D eigenvalue weighted by Gasteiger charge is 2.13. The maximum Gasteiger partial charge on any atom is 0.256 e. The number of rotatable bonds is 3. The Morgan fingerprint density at radius 1 is 1.12 bits per heavy atom. The van der Waals surface area contributed by atoms with Crippen LogP contribution >= 0.6 is 22.6 Å². The van der Waals surface area contributed by atoms with Crippen molar-refractivity contribution in [3.05, 3.63) is 81.8 Å². The van der Waals surface area contributed by atoms with Crippen LogP contribution in [0.5, 0.6) is 0 Å². The van der Waals surface area contributed by atoms with Gasteiger partial charge in [0.05, 0.1) is 11.3 Å². The van der Waals surface area contributed by atoms with Crippen LogP contribution in [0.2, 0.25) is 0 Å². The molecule has 0 aliphatic heterocycles. The molecule has 2 aromatic heterocycles. The third kappa shape index (κ3) is 3.08. The molecule has 2 aromatic carbocycles. The molecule has 0 saturated carbocycles. The number of nitrogens with one attached hydrogen (secondary N) is 1. The number of fused-ring (bicyclic) bond motifs is 1. The summed E-state index contributed by atoms with van der Waals surface area (Å²) in [5, 5.41) is 2.97. The Balaban J connectivity index is 1.67. The van der Waals surface area contributed by atoms with Crippen LogP contribution < -0.4 is 5.32 Å². The normalized spacial score (nSPS) is 10.8. The molecule has 0 aliphatic rings. The Morgan fingerprint density at radius 3 is 2.77 bits per heavy atom. The fraction of sp³-hybridized carbons (Fsp3) is 0.0500. The van der Waals surface area contributed by atoms with Crippen LogP contribution in [0.15, 0.2) is 67.0 Å². The molecule has 0 atom stereocenters. The first kappa shape index (κ1) is 16.7. The minimum absolute atomic E-state index is 0.124. The summed E-state index contributed by atoms with van der Waals surface area (Å²) >= 11 is 2.17. The van der Waals surface area contributed by atoms with Crippen molar-refractivity contribution in [2.24, 2.45) is 0 Å². The number of carbonyl (C=O) groups excluding carboxylic acids is 1. The molecule has 0 radical (unpaired) electrons. The molecule has 1 amide bonds. The van der Waals surface area contributed by atoms with Gasteiger partial charge in [0, 0.05) is 32.9 Å². The average molecular weight is 454 g/mol. The predicted molar refractivity (Wildman–Crippen MR) is 110 cm³/mol.